The summed E-state index contributed by atoms with van der Waals surface area (Å²) in [5.74, 6) is 0. The number of fused-ring (bicyclic) bond motifs is 11. The van der Waals surface area contributed by atoms with Gasteiger partial charge in [0.2, 0.25) is 0 Å². The number of aryl methyl sites for hydroxylation is 1. The molecule has 0 atom stereocenters. The molecular formula is C65H49N. The molecule has 1 heteroatoms. The maximum Gasteiger partial charge on any atom is 0.0726 e. The van der Waals surface area contributed by atoms with Gasteiger partial charge in [0.15, 0.2) is 0 Å². The molecule has 0 heterocycles. The summed E-state index contributed by atoms with van der Waals surface area (Å²) < 4.78 is 0. The van der Waals surface area contributed by atoms with Gasteiger partial charge in [0, 0.05) is 17.1 Å². The fourth-order valence-corrected chi connectivity index (χ4v) is 11.3. The van der Waals surface area contributed by atoms with E-state index in [1.165, 1.54) is 83.6 Å². The van der Waals surface area contributed by atoms with Gasteiger partial charge in [0.25, 0.3) is 0 Å². The van der Waals surface area contributed by atoms with E-state index in [2.05, 4.69) is 242 Å². The summed E-state index contributed by atoms with van der Waals surface area (Å²) in [6.45, 7) is 4.32. The highest BCUT2D eigenvalue weighted by molar-refractivity contribution is 5.96. The minimum absolute atomic E-state index is 0.436. The number of nitrogens with zero attached hydrogens (tertiary/aromatic N) is 1. The monoisotopic (exact) mass is 843 g/mol. The number of allylic oxidation sites excluding steroid dienone is 9. The van der Waals surface area contributed by atoms with E-state index in [0.717, 1.165) is 53.8 Å². The fraction of sp³-hybridized carbons (Fsp3) is 0.0769. The molecule has 1 spiro atoms. The predicted molar refractivity (Wildman–Crippen MR) is 279 cm³/mol. The first-order valence-corrected chi connectivity index (χ1v) is 23.4. The van der Waals surface area contributed by atoms with Gasteiger partial charge in [-0.15, -0.1) is 0 Å². The van der Waals surface area contributed by atoms with Crippen molar-refractivity contribution < 1.29 is 0 Å². The first-order chi connectivity index (χ1) is 32.7. The second kappa shape index (κ2) is 16.5. The van der Waals surface area contributed by atoms with Crippen molar-refractivity contribution in [1.82, 2.24) is 0 Å². The van der Waals surface area contributed by atoms with Crippen LogP contribution >= 0.6 is 0 Å². The minimum Gasteiger partial charge on any atom is -0.314 e. The topological polar surface area (TPSA) is 3.24 Å². The Hall–Kier alpha value is -8.00. The summed E-state index contributed by atoms with van der Waals surface area (Å²) in [7, 11) is 0. The summed E-state index contributed by atoms with van der Waals surface area (Å²) in [6, 6.07) is 71.7. The van der Waals surface area contributed by atoms with Crippen LogP contribution in [0.3, 0.4) is 0 Å². The molecule has 0 aromatic heterocycles. The second-order valence-corrected chi connectivity index (χ2v) is 17.9. The standard InChI is InChI=1S/C65H49N/c1-2-46(25-17-20-45-18-5-3-6-19-45)55-40-38-53(43-60(55)49-22-7-4-8-23-49)66(52-36-34-48(35-37-52)51-33-32-47-21-9-10-24-50(47)42-51)54-39-41-59-58-28-13-16-31-63(58)65(64(59)44-54)61-29-14-11-26-56(61)57-27-12-15-30-62(57)65/h2-31,34,36,38-44H,1,32-33,35,37H2/b20-17+,46-25+. The minimum atomic E-state index is -0.436. The van der Waals surface area contributed by atoms with Crippen LogP contribution in [0.25, 0.3) is 51.1 Å². The number of benzene rings is 8. The first-order valence-electron chi connectivity index (χ1n) is 23.4. The van der Waals surface area contributed by atoms with Crippen LogP contribution < -0.4 is 4.90 Å². The molecule has 66 heavy (non-hydrogen) atoms. The largest absolute Gasteiger partial charge is 0.314 e. The molecule has 0 N–H and O–H groups in total. The van der Waals surface area contributed by atoms with Crippen LogP contribution in [0, 0.1) is 0 Å². The highest BCUT2D eigenvalue weighted by atomic mass is 15.1. The predicted octanol–water partition coefficient (Wildman–Crippen LogP) is 16.8. The lowest BCUT2D eigenvalue weighted by atomic mass is 9.70. The van der Waals surface area contributed by atoms with E-state index in [1.807, 2.05) is 6.08 Å². The Morgan fingerprint density at radius 2 is 1.08 bits per heavy atom. The van der Waals surface area contributed by atoms with Gasteiger partial charge in [-0.2, -0.15) is 0 Å². The summed E-state index contributed by atoms with van der Waals surface area (Å²) >= 11 is 0. The number of hydrogen-bond donors (Lipinski definition) is 0. The zero-order valence-corrected chi connectivity index (χ0v) is 37.0. The zero-order valence-electron chi connectivity index (χ0n) is 37.0. The molecule has 0 amide bonds. The van der Waals surface area contributed by atoms with Crippen molar-refractivity contribution in [2.75, 3.05) is 4.90 Å². The van der Waals surface area contributed by atoms with Crippen molar-refractivity contribution >= 4 is 29.1 Å². The molecule has 314 valence electrons. The van der Waals surface area contributed by atoms with E-state index in [0.29, 0.717) is 0 Å². The molecule has 0 saturated heterocycles. The molecule has 8 aromatic rings. The summed E-state index contributed by atoms with van der Waals surface area (Å²) in [5.41, 5.74) is 25.2. The molecule has 12 rings (SSSR count). The Kier molecular flexibility index (Phi) is 9.91. The molecule has 0 bridgehead atoms. The molecule has 1 nitrogen and oxygen atoms in total. The Morgan fingerprint density at radius 1 is 0.485 bits per heavy atom. The van der Waals surface area contributed by atoms with Gasteiger partial charge in [0.05, 0.1) is 5.41 Å². The van der Waals surface area contributed by atoms with Crippen molar-refractivity contribution in [3.8, 4) is 33.4 Å². The third-order valence-corrected chi connectivity index (χ3v) is 14.4. The lowest BCUT2D eigenvalue weighted by Crippen LogP contribution is -2.26. The fourth-order valence-electron chi connectivity index (χ4n) is 11.3. The molecule has 8 aromatic carbocycles. The van der Waals surface area contributed by atoms with E-state index in [4.69, 9.17) is 0 Å². The zero-order chi connectivity index (χ0) is 44.0. The van der Waals surface area contributed by atoms with Crippen LogP contribution in [-0.4, -0.2) is 0 Å². The van der Waals surface area contributed by atoms with Crippen LogP contribution in [0.4, 0.5) is 11.4 Å². The van der Waals surface area contributed by atoms with Crippen molar-refractivity contribution in [1.29, 1.82) is 0 Å². The summed E-state index contributed by atoms with van der Waals surface area (Å²) in [5, 5.41) is 0. The molecule has 0 saturated carbocycles. The normalized spacial score (nSPS) is 15.2. The van der Waals surface area contributed by atoms with Crippen molar-refractivity contribution in [2.24, 2.45) is 0 Å². The van der Waals surface area contributed by atoms with Gasteiger partial charge < -0.3 is 4.90 Å². The molecule has 0 unspecified atom stereocenters. The lowest BCUT2D eigenvalue weighted by molar-refractivity contribution is 0.792. The number of rotatable bonds is 9. The third-order valence-electron chi connectivity index (χ3n) is 14.4. The van der Waals surface area contributed by atoms with Gasteiger partial charge >= 0.3 is 0 Å². The van der Waals surface area contributed by atoms with Gasteiger partial charge in [-0.3, -0.25) is 0 Å². The van der Waals surface area contributed by atoms with Crippen molar-refractivity contribution in [2.45, 2.75) is 31.1 Å². The van der Waals surface area contributed by atoms with Gasteiger partial charge in [-0.05, 0) is 151 Å². The molecular weight excluding hydrogens is 795 g/mol. The maximum atomic E-state index is 4.32. The SMILES string of the molecule is C=C/C(=C\C=C\c1ccccc1)c1ccc(N(C2=CC=C(C3=Cc4ccccc4CC3)CC2)c2ccc3c(c2)C2(c4ccccc4-c4ccccc42)c2ccccc2-3)cc1-c1ccccc1. The highest BCUT2D eigenvalue weighted by Crippen LogP contribution is 2.63. The Morgan fingerprint density at radius 3 is 1.76 bits per heavy atom. The van der Waals surface area contributed by atoms with Crippen LogP contribution in [0.1, 0.15) is 63.8 Å². The Bertz CT molecular complexity index is 3310. The summed E-state index contributed by atoms with van der Waals surface area (Å²) in [4.78, 5) is 2.55. The molecule has 0 radical (unpaired) electrons. The van der Waals surface area contributed by atoms with Crippen LogP contribution in [0.5, 0.6) is 0 Å². The second-order valence-electron chi connectivity index (χ2n) is 17.9. The van der Waals surface area contributed by atoms with Crippen molar-refractivity contribution in [3.63, 3.8) is 0 Å². The van der Waals surface area contributed by atoms with Crippen molar-refractivity contribution in [3.05, 3.63) is 292 Å². The van der Waals surface area contributed by atoms with Gasteiger partial charge in [-0.1, -0.05) is 213 Å². The quantitative estimate of drug-likeness (QED) is 0.131. The van der Waals surface area contributed by atoms with Crippen LogP contribution in [0.2, 0.25) is 0 Å². The molecule has 4 aliphatic carbocycles. The maximum absolute atomic E-state index is 4.32. The average molecular weight is 844 g/mol. The lowest BCUT2D eigenvalue weighted by Gasteiger charge is -2.34. The Labute approximate surface area is 389 Å². The van der Waals surface area contributed by atoms with E-state index in [1.54, 1.807) is 0 Å². The molecule has 0 aliphatic heterocycles. The van der Waals surface area contributed by atoms with Crippen LogP contribution in [0.15, 0.2) is 248 Å². The van der Waals surface area contributed by atoms with Gasteiger partial charge in [0.1, 0.15) is 0 Å². The van der Waals surface area contributed by atoms with Gasteiger partial charge in [-0.25, -0.2) is 0 Å². The smallest absolute Gasteiger partial charge is 0.0726 e. The third kappa shape index (κ3) is 6.54. The van der Waals surface area contributed by atoms with E-state index in [-0.39, 0.29) is 0 Å². The van der Waals surface area contributed by atoms with E-state index < -0.39 is 5.41 Å². The first kappa shape index (κ1) is 39.6. The Balaban J connectivity index is 1.05. The number of hydrogen-bond acceptors (Lipinski definition) is 1. The van der Waals surface area contributed by atoms with E-state index in [9.17, 15) is 0 Å². The van der Waals surface area contributed by atoms with Crippen LogP contribution in [-0.2, 0) is 11.8 Å². The molecule has 4 aliphatic rings. The highest BCUT2D eigenvalue weighted by Gasteiger charge is 2.51. The number of anilines is 2. The molecule has 0 fully saturated rings. The summed E-state index contributed by atoms with van der Waals surface area (Å²) in [6.07, 6.45) is 19.8. The van der Waals surface area contributed by atoms with E-state index >= 15 is 0 Å². The average Bonchev–Trinajstić information content (AvgIpc) is 3.85.